The van der Waals surface area contributed by atoms with Crippen molar-refractivity contribution in [3.8, 4) is 17.2 Å². The molecule has 0 unspecified atom stereocenters. The molecular formula is C30H24N2O6. The van der Waals surface area contributed by atoms with Crippen LogP contribution in [0.25, 0.3) is 16.8 Å². The van der Waals surface area contributed by atoms with Crippen LogP contribution in [0.3, 0.4) is 0 Å². The summed E-state index contributed by atoms with van der Waals surface area (Å²) in [6.07, 6.45) is 1.40. The summed E-state index contributed by atoms with van der Waals surface area (Å²) in [5.74, 6) is -0.626. The topological polar surface area (TPSA) is 105 Å². The number of aromatic hydroxyl groups is 1. The van der Waals surface area contributed by atoms with Gasteiger partial charge in [-0.05, 0) is 71.3 Å². The van der Waals surface area contributed by atoms with Crippen molar-refractivity contribution >= 4 is 40.4 Å². The number of benzene rings is 4. The van der Waals surface area contributed by atoms with Gasteiger partial charge in [0.2, 0.25) is 0 Å². The van der Waals surface area contributed by atoms with Crippen LogP contribution in [-0.4, -0.2) is 29.6 Å². The molecule has 0 aromatic heterocycles. The maximum atomic E-state index is 13.1. The largest absolute Gasteiger partial charge is 0.508 e. The molecule has 1 aliphatic heterocycles. The number of urea groups is 1. The molecule has 190 valence electrons. The summed E-state index contributed by atoms with van der Waals surface area (Å²) in [6, 6.07) is 23.9. The Bertz CT molecular complexity index is 1570. The average molecular weight is 509 g/mol. The van der Waals surface area contributed by atoms with Crippen LogP contribution in [0.4, 0.5) is 10.5 Å². The number of nitrogens with zero attached hydrogens (tertiary/aromatic N) is 1. The van der Waals surface area contributed by atoms with E-state index in [0.717, 1.165) is 21.2 Å². The zero-order valence-electron chi connectivity index (χ0n) is 20.5. The number of hydrogen-bond acceptors (Lipinski definition) is 6. The third kappa shape index (κ3) is 4.92. The molecule has 0 saturated carbocycles. The number of carbonyl (C=O) groups excluding carboxylic acids is 3. The molecule has 8 heteroatoms. The quantitative estimate of drug-likeness (QED) is 0.263. The zero-order valence-corrected chi connectivity index (χ0v) is 20.5. The second-order valence-electron chi connectivity index (χ2n) is 8.54. The summed E-state index contributed by atoms with van der Waals surface area (Å²) in [6.45, 7) is 2.55. The lowest BCUT2D eigenvalue weighted by atomic mass is 10.1. The molecule has 0 radical (unpaired) electrons. The van der Waals surface area contributed by atoms with Gasteiger partial charge in [-0.1, -0.05) is 48.5 Å². The fourth-order valence-corrected chi connectivity index (χ4v) is 4.24. The van der Waals surface area contributed by atoms with E-state index in [9.17, 15) is 19.5 Å². The molecule has 2 N–H and O–H groups in total. The molecule has 1 heterocycles. The average Bonchev–Trinajstić information content (AvgIpc) is 2.91. The summed E-state index contributed by atoms with van der Waals surface area (Å²) in [5.41, 5.74) is 1.55. The smallest absolute Gasteiger partial charge is 0.335 e. The molecule has 0 atom stereocenters. The second-order valence-corrected chi connectivity index (χ2v) is 8.54. The van der Waals surface area contributed by atoms with E-state index in [2.05, 4.69) is 5.32 Å². The number of anilines is 1. The molecule has 1 saturated heterocycles. The number of amides is 4. The fraction of sp³-hybridized carbons (Fsp3) is 0.100. The molecule has 1 aliphatic rings. The third-order valence-corrected chi connectivity index (χ3v) is 6.05. The highest BCUT2D eigenvalue weighted by atomic mass is 16.5. The molecule has 4 aromatic carbocycles. The van der Waals surface area contributed by atoms with E-state index >= 15 is 0 Å². The highest BCUT2D eigenvalue weighted by Crippen LogP contribution is 2.32. The predicted molar refractivity (Wildman–Crippen MR) is 143 cm³/mol. The van der Waals surface area contributed by atoms with Crippen LogP contribution in [-0.2, 0) is 16.2 Å². The van der Waals surface area contributed by atoms with Gasteiger partial charge in [0.1, 0.15) is 17.9 Å². The molecule has 1 fully saturated rings. The van der Waals surface area contributed by atoms with Gasteiger partial charge in [0.25, 0.3) is 11.8 Å². The lowest BCUT2D eigenvalue weighted by molar-refractivity contribution is -0.122. The summed E-state index contributed by atoms with van der Waals surface area (Å²) in [7, 11) is 0. The summed E-state index contributed by atoms with van der Waals surface area (Å²) in [4.78, 5) is 38.9. The molecular weight excluding hydrogens is 484 g/mol. The van der Waals surface area contributed by atoms with Gasteiger partial charge in [-0.2, -0.15) is 0 Å². The maximum Gasteiger partial charge on any atom is 0.335 e. The first-order chi connectivity index (χ1) is 18.4. The van der Waals surface area contributed by atoms with Crippen LogP contribution < -0.4 is 19.7 Å². The first-order valence-electron chi connectivity index (χ1n) is 12.0. The Morgan fingerprint density at radius 2 is 1.63 bits per heavy atom. The second kappa shape index (κ2) is 10.5. The van der Waals surface area contributed by atoms with Crippen molar-refractivity contribution in [2.75, 3.05) is 11.5 Å². The van der Waals surface area contributed by atoms with Gasteiger partial charge < -0.3 is 14.6 Å². The van der Waals surface area contributed by atoms with Crippen molar-refractivity contribution in [1.29, 1.82) is 0 Å². The fourth-order valence-electron chi connectivity index (χ4n) is 4.24. The molecule has 5 rings (SSSR count). The number of phenols is 1. The predicted octanol–water partition coefficient (Wildman–Crippen LogP) is 5.19. The monoisotopic (exact) mass is 508 g/mol. The molecule has 0 bridgehead atoms. The number of phenolic OH excluding ortho intramolecular Hbond substituents is 1. The van der Waals surface area contributed by atoms with E-state index in [1.54, 1.807) is 18.2 Å². The van der Waals surface area contributed by atoms with Crippen molar-refractivity contribution in [2.45, 2.75) is 13.5 Å². The van der Waals surface area contributed by atoms with Crippen LogP contribution in [0.5, 0.6) is 17.2 Å². The van der Waals surface area contributed by atoms with Gasteiger partial charge >= 0.3 is 6.03 Å². The number of carbonyl (C=O) groups is 3. The number of ether oxygens (including phenoxy) is 2. The Labute approximate surface area is 218 Å². The molecule has 4 aromatic rings. The number of imide groups is 2. The Morgan fingerprint density at radius 1 is 0.868 bits per heavy atom. The third-order valence-electron chi connectivity index (χ3n) is 6.05. The Hall–Kier alpha value is -5.11. The number of hydrogen-bond donors (Lipinski definition) is 2. The van der Waals surface area contributed by atoms with Gasteiger partial charge in [0.05, 0.1) is 12.3 Å². The number of fused-ring (bicyclic) bond motifs is 1. The zero-order chi connectivity index (χ0) is 26.6. The minimum Gasteiger partial charge on any atom is -0.508 e. The SMILES string of the molecule is CCOc1cc(/C=C2\C(=O)NC(=O)N(c3ccc(O)cc3)C2=O)ccc1OCc1cccc2ccccc12. The van der Waals surface area contributed by atoms with Crippen LogP contribution in [0.1, 0.15) is 18.1 Å². The number of nitrogens with one attached hydrogen (secondary N) is 1. The molecule has 0 aliphatic carbocycles. The number of barbiturate groups is 1. The molecule has 0 spiro atoms. The Morgan fingerprint density at radius 3 is 2.42 bits per heavy atom. The minimum atomic E-state index is -0.866. The van der Waals surface area contributed by atoms with Gasteiger partial charge in [0.15, 0.2) is 11.5 Å². The van der Waals surface area contributed by atoms with Gasteiger partial charge in [-0.3, -0.25) is 14.9 Å². The van der Waals surface area contributed by atoms with E-state index < -0.39 is 17.8 Å². The number of rotatable bonds is 7. The van der Waals surface area contributed by atoms with Crippen LogP contribution in [0, 0.1) is 0 Å². The molecule has 4 amide bonds. The van der Waals surface area contributed by atoms with E-state index in [4.69, 9.17) is 9.47 Å². The highest BCUT2D eigenvalue weighted by Gasteiger charge is 2.36. The standard InChI is InChI=1S/C30H24N2O6/c1-2-37-27-17-19(10-15-26(27)38-18-21-8-5-7-20-6-3-4-9-24(20)21)16-25-28(34)31-30(36)32(29(25)35)22-11-13-23(33)14-12-22/h3-17,33H,2,18H2,1H3,(H,31,34,36)/b25-16+. The van der Waals surface area contributed by atoms with E-state index in [0.29, 0.717) is 30.3 Å². The van der Waals surface area contributed by atoms with Crippen LogP contribution in [0.15, 0.2) is 90.5 Å². The van der Waals surface area contributed by atoms with Crippen LogP contribution in [0.2, 0.25) is 0 Å². The summed E-state index contributed by atoms with van der Waals surface area (Å²) >= 11 is 0. The van der Waals surface area contributed by atoms with Crippen molar-refractivity contribution < 1.29 is 29.0 Å². The van der Waals surface area contributed by atoms with Crippen LogP contribution >= 0.6 is 0 Å². The molecule has 38 heavy (non-hydrogen) atoms. The minimum absolute atomic E-state index is 0.0170. The van der Waals surface area contributed by atoms with Crippen molar-refractivity contribution in [1.82, 2.24) is 5.32 Å². The van der Waals surface area contributed by atoms with E-state index in [1.165, 1.54) is 30.3 Å². The maximum absolute atomic E-state index is 13.1. The van der Waals surface area contributed by atoms with Gasteiger partial charge in [0, 0.05) is 0 Å². The first-order valence-corrected chi connectivity index (χ1v) is 12.0. The summed E-state index contributed by atoms with van der Waals surface area (Å²) < 4.78 is 11.9. The van der Waals surface area contributed by atoms with Crippen molar-refractivity contribution in [3.05, 3.63) is 102 Å². The van der Waals surface area contributed by atoms with Crippen molar-refractivity contribution in [3.63, 3.8) is 0 Å². The van der Waals surface area contributed by atoms with E-state index in [1.807, 2.05) is 49.4 Å². The van der Waals surface area contributed by atoms with Crippen molar-refractivity contribution in [2.24, 2.45) is 0 Å². The summed E-state index contributed by atoms with van der Waals surface area (Å²) in [5, 5.41) is 13.9. The van der Waals surface area contributed by atoms with Gasteiger partial charge in [-0.25, -0.2) is 9.69 Å². The van der Waals surface area contributed by atoms with E-state index in [-0.39, 0.29) is 17.0 Å². The Balaban J connectivity index is 1.42. The lowest BCUT2D eigenvalue weighted by Crippen LogP contribution is -2.54. The normalized spacial score (nSPS) is 14.6. The Kier molecular flexibility index (Phi) is 6.78. The lowest BCUT2D eigenvalue weighted by Gasteiger charge is -2.26. The molecule has 8 nitrogen and oxygen atoms in total. The first kappa shape index (κ1) is 24.6. The van der Waals surface area contributed by atoms with Gasteiger partial charge in [-0.15, -0.1) is 0 Å². The highest BCUT2D eigenvalue weighted by molar-refractivity contribution is 6.39.